The number of aliphatic carboxylic acids is 1. The first kappa shape index (κ1) is 13.9. The summed E-state index contributed by atoms with van der Waals surface area (Å²) >= 11 is 5.72. The molecule has 0 saturated carbocycles. The van der Waals surface area contributed by atoms with Crippen LogP contribution in [-0.2, 0) is 4.79 Å². The third-order valence-electron chi connectivity index (χ3n) is 2.41. The molecule has 1 aromatic heterocycles. The average Bonchev–Trinajstić information content (AvgIpc) is 2.91. The lowest BCUT2D eigenvalue weighted by Gasteiger charge is -2.05. The van der Waals surface area contributed by atoms with E-state index in [-0.39, 0.29) is 5.70 Å². The van der Waals surface area contributed by atoms with E-state index < -0.39 is 11.9 Å². The van der Waals surface area contributed by atoms with Gasteiger partial charge in [-0.25, -0.2) is 4.79 Å². The summed E-state index contributed by atoms with van der Waals surface area (Å²) in [6.45, 7) is 0. The van der Waals surface area contributed by atoms with Crippen LogP contribution < -0.4 is 5.32 Å². The first-order valence-corrected chi connectivity index (χ1v) is 5.99. The zero-order chi connectivity index (χ0) is 14.5. The summed E-state index contributed by atoms with van der Waals surface area (Å²) in [4.78, 5) is 23.0. The van der Waals surface area contributed by atoms with Crippen molar-refractivity contribution in [1.82, 2.24) is 5.32 Å². The zero-order valence-electron chi connectivity index (χ0n) is 10.2. The summed E-state index contributed by atoms with van der Waals surface area (Å²) in [6.07, 6.45) is 2.64. The molecule has 0 saturated heterocycles. The van der Waals surface area contributed by atoms with Crippen LogP contribution in [0.1, 0.15) is 16.1 Å². The number of nitrogens with one attached hydrogen (secondary N) is 1. The molecular formula is C14H10ClNO4. The predicted octanol–water partition coefficient (Wildman–Crippen LogP) is 2.79. The number of halogens is 1. The first-order valence-electron chi connectivity index (χ1n) is 5.61. The normalized spacial score (nSPS) is 11.2. The van der Waals surface area contributed by atoms with Gasteiger partial charge >= 0.3 is 5.97 Å². The van der Waals surface area contributed by atoms with Crippen molar-refractivity contribution < 1.29 is 19.1 Å². The van der Waals surface area contributed by atoms with E-state index in [1.807, 2.05) is 0 Å². The van der Waals surface area contributed by atoms with Gasteiger partial charge in [0.15, 0.2) is 0 Å². The number of hydrogen-bond acceptors (Lipinski definition) is 3. The van der Waals surface area contributed by atoms with E-state index in [0.717, 1.165) is 0 Å². The Morgan fingerprint density at radius 1 is 1.20 bits per heavy atom. The van der Waals surface area contributed by atoms with Gasteiger partial charge in [0.1, 0.15) is 11.5 Å². The molecule has 1 heterocycles. The van der Waals surface area contributed by atoms with Gasteiger partial charge in [-0.3, -0.25) is 4.79 Å². The number of carbonyl (C=O) groups excluding carboxylic acids is 1. The van der Waals surface area contributed by atoms with Crippen LogP contribution in [0.2, 0.25) is 5.02 Å². The second-order valence-electron chi connectivity index (χ2n) is 3.84. The first-order chi connectivity index (χ1) is 9.56. The van der Waals surface area contributed by atoms with Crippen LogP contribution in [0.3, 0.4) is 0 Å². The molecule has 2 N–H and O–H groups in total. The molecule has 0 fully saturated rings. The van der Waals surface area contributed by atoms with Gasteiger partial charge in [-0.1, -0.05) is 11.6 Å². The SMILES string of the molecule is O=C(O)/C(=C\c1ccco1)NC(=O)c1ccc(Cl)cc1. The van der Waals surface area contributed by atoms with Crippen molar-refractivity contribution in [3.05, 3.63) is 64.7 Å². The van der Waals surface area contributed by atoms with Gasteiger partial charge in [0.25, 0.3) is 5.91 Å². The fourth-order valence-electron chi connectivity index (χ4n) is 1.46. The van der Waals surface area contributed by atoms with Crippen molar-refractivity contribution in [2.24, 2.45) is 0 Å². The monoisotopic (exact) mass is 291 g/mol. The van der Waals surface area contributed by atoms with Gasteiger partial charge in [0.2, 0.25) is 0 Å². The summed E-state index contributed by atoms with van der Waals surface area (Å²) in [6, 6.07) is 9.30. The van der Waals surface area contributed by atoms with Crippen LogP contribution in [0, 0.1) is 0 Å². The fraction of sp³-hybridized carbons (Fsp3) is 0. The summed E-state index contributed by atoms with van der Waals surface area (Å²) < 4.78 is 5.01. The highest BCUT2D eigenvalue weighted by Crippen LogP contribution is 2.11. The Hall–Kier alpha value is -2.53. The van der Waals surface area contributed by atoms with Gasteiger partial charge in [0, 0.05) is 16.7 Å². The lowest BCUT2D eigenvalue weighted by molar-refractivity contribution is -0.132. The highest BCUT2D eigenvalue weighted by molar-refractivity contribution is 6.30. The van der Waals surface area contributed by atoms with E-state index in [0.29, 0.717) is 16.3 Å². The van der Waals surface area contributed by atoms with Crippen LogP contribution in [0.5, 0.6) is 0 Å². The minimum absolute atomic E-state index is 0.278. The molecule has 102 valence electrons. The Labute approximate surface area is 119 Å². The Bertz CT molecular complexity index is 644. The molecule has 2 aromatic rings. The second-order valence-corrected chi connectivity index (χ2v) is 4.28. The van der Waals surface area contributed by atoms with Crippen molar-refractivity contribution in [3.8, 4) is 0 Å². The Kier molecular flexibility index (Phi) is 4.22. The number of carbonyl (C=O) groups is 2. The Balaban J connectivity index is 2.18. The maximum Gasteiger partial charge on any atom is 0.352 e. The lowest BCUT2D eigenvalue weighted by Crippen LogP contribution is -2.27. The molecule has 0 atom stereocenters. The summed E-state index contributed by atoms with van der Waals surface area (Å²) in [5.41, 5.74) is 0.0286. The van der Waals surface area contributed by atoms with Gasteiger partial charge in [-0.15, -0.1) is 0 Å². The largest absolute Gasteiger partial charge is 0.477 e. The maximum absolute atomic E-state index is 11.9. The van der Waals surface area contributed by atoms with Gasteiger partial charge < -0.3 is 14.8 Å². The molecular weight excluding hydrogens is 282 g/mol. The molecule has 0 aliphatic carbocycles. The van der Waals surface area contributed by atoms with Crippen molar-refractivity contribution in [1.29, 1.82) is 0 Å². The predicted molar refractivity (Wildman–Crippen MR) is 73.2 cm³/mol. The Morgan fingerprint density at radius 2 is 1.90 bits per heavy atom. The van der Waals surface area contributed by atoms with Crippen molar-refractivity contribution >= 4 is 29.6 Å². The third kappa shape index (κ3) is 3.49. The molecule has 0 spiro atoms. The van der Waals surface area contributed by atoms with E-state index >= 15 is 0 Å². The second kappa shape index (κ2) is 6.08. The van der Waals surface area contributed by atoms with Crippen molar-refractivity contribution in [3.63, 3.8) is 0 Å². The van der Waals surface area contributed by atoms with E-state index in [1.165, 1.54) is 24.5 Å². The minimum atomic E-state index is -1.26. The number of hydrogen-bond donors (Lipinski definition) is 2. The highest BCUT2D eigenvalue weighted by atomic mass is 35.5. The van der Waals surface area contributed by atoms with E-state index in [1.54, 1.807) is 24.3 Å². The number of amides is 1. The molecule has 1 aromatic carbocycles. The smallest absolute Gasteiger partial charge is 0.352 e. The van der Waals surface area contributed by atoms with Crippen LogP contribution in [0.25, 0.3) is 6.08 Å². The molecule has 5 nitrogen and oxygen atoms in total. The molecule has 2 rings (SSSR count). The van der Waals surface area contributed by atoms with E-state index in [4.69, 9.17) is 21.1 Å². The maximum atomic E-state index is 11.9. The summed E-state index contributed by atoms with van der Waals surface area (Å²) in [7, 11) is 0. The van der Waals surface area contributed by atoms with Crippen molar-refractivity contribution in [2.75, 3.05) is 0 Å². The molecule has 20 heavy (non-hydrogen) atoms. The quantitative estimate of drug-likeness (QED) is 0.849. The number of carboxylic acid groups (broad SMARTS) is 1. The molecule has 0 aliphatic heterocycles. The molecule has 0 aliphatic rings. The standard InChI is InChI=1S/C14H10ClNO4/c15-10-5-3-9(4-6-10)13(17)16-12(14(18)19)8-11-2-1-7-20-11/h1-8H,(H,16,17)(H,18,19)/b12-8+. The minimum Gasteiger partial charge on any atom is -0.477 e. The van der Waals surface area contributed by atoms with Gasteiger partial charge in [-0.05, 0) is 36.4 Å². The molecule has 6 heteroatoms. The van der Waals surface area contributed by atoms with Crippen LogP contribution in [0.4, 0.5) is 0 Å². The number of rotatable bonds is 4. The van der Waals surface area contributed by atoms with Crippen LogP contribution in [-0.4, -0.2) is 17.0 Å². The number of benzene rings is 1. The summed E-state index contributed by atoms with van der Waals surface area (Å²) in [5.74, 6) is -1.47. The van der Waals surface area contributed by atoms with Crippen LogP contribution in [0.15, 0.2) is 52.8 Å². The summed E-state index contributed by atoms with van der Waals surface area (Å²) in [5, 5.41) is 11.9. The molecule has 0 bridgehead atoms. The average molecular weight is 292 g/mol. The number of furan rings is 1. The molecule has 1 amide bonds. The number of carboxylic acids is 1. The third-order valence-corrected chi connectivity index (χ3v) is 2.67. The molecule has 0 radical (unpaired) electrons. The zero-order valence-corrected chi connectivity index (χ0v) is 10.9. The fourth-order valence-corrected chi connectivity index (χ4v) is 1.59. The van der Waals surface area contributed by atoms with E-state index in [2.05, 4.69) is 5.32 Å². The topological polar surface area (TPSA) is 79.5 Å². The molecule has 0 unspecified atom stereocenters. The van der Waals surface area contributed by atoms with E-state index in [9.17, 15) is 9.59 Å². The van der Waals surface area contributed by atoms with Gasteiger partial charge in [-0.2, -0.15) is 0 Å². The van der Waals surface area contributed by atoms with Crippen LogP contribution >= 0.6 is 11.6 Å². The van der Waals surface area contributed by atoms with Gasteiger partial charge in [0.05, 0.1) is 6.26 Å². The van der Waals surface area contributed by atoms with Crippen molar-refractivity contribution in [2.45, 2.75) is 0 Å². The Morgan fingerprint density at radius 3 is 2.45 bits per heavy atom. The lowest BCUT2D eigenvalue weighted by atomic mass is 10.2. The highest BCUT2D eigenvalue weighted by Gasteiger charge is 2.13.